The van der Waals surface area contributed by atoms with E-state index in [0.29, 0.717) is 6.04 Å². The number of benzene rings is 1. The number of anilines is 2. The minimum absolute atomic E-state index is 0.324. The van der Waals surface area contributed by atoms with Gasteiger partial charge in [-0.15, -0.1) is 0 Å². The molecule has 0 atom stereocenters. The standard InChI is InChI=1S/C13H15N3/c1-11(2)16(12-7-4-3-5-8-12)13-14-9-6-10-15-13/h3-11H,1-2H3. The molecule has 2 rings (SSSR count). The first-order valence-electron chi connectivity index (χ1n) is 5.40. The largest absolute Gasteiger partial charge is 0.308 e. The molecular formula is C13H15N3. The second-order valence-corrected chi connectivity index (χ2v) is 3.85. The van der Waals surface area contributed by atoms with Gasteiger partial charge >= 0.3 is 0 Å². The second kappa shape index (κ2) is 4.75. The van der Waals surface area contributed by atoms with E-state index in [1.165, 1.54) is 0 Å². The van der Waals surface area contributed by atoms with Gasteiger partial charge in [0.2, 0.25) is 5.95 Å². The Kier molecular flexibility index (Phi) is 3.15. The molecule has 0 bridgehead atoms. The van der Waals surface area contributed by atoms with Gasteiger partial charge in [-0.2, -0.15) is 0 Å². The SMILES string of the molecule is CC(C)N(c1ccccc1)c1ncccn1. The molecule has 3 heteroatoms. The summed E-state index contributed by atoms with van der Waals surface area (Å²) in [5.41, 5.74) is 1.11. The van der Waals surface area contributed by atoms with E-state index >= 15 is 0 Å². The molecule has 3 nitrogen and oxygen atoms in total. The molecule has 0 radical (unpaired) electrons. The molecular weight excluding hydrogens is 198 g/mol. The van der Waals surface area contributed by atoms with Crippen LogP contribution >= 0.6 is 0 Å². The van der Waals surface area contributed by atoms with Crippen molar-refractivity contribution in [2.24, 2.45) is 0 Å². The van der Waals surface area contributed by atoms with Crippen molar-refractivity contribution in [3.63, 3.8) is 0 Å². The van der Waals surface area contributed by atoms with Gasteiger partial charge in [0.25, 0.3) is 0 Å². The summed E-state index contributed by atoms with van der Waals surface area (Å²) in [6.07, 6.45) is 3.53. The Morgan fingerprint density at radius 3 is 2.12 bits per heavy atom. The van der Waals surface area contributed by atoms with Gasteiger partial charge in [0.1, 0.15) is 0 Å². The van der Waals surface area contributed by atoms with Crippen LogP contribution in [0.4, 0.5) is 11.6 Å². The highest BCUT2D eigenvalue weighted by molar-refractivity contribution is 5.57. The molecule has 0 N–H and O–H groups in total. The van der Waals surface area contributed by atoms with E-state index in [2.05, 4.69) is 40.8 Å². The van der Waals surface area contributed by atoms with Crippen molar-refractivity contribution in [2.45, 2.75) is 19.9 Å². The molecule has 82 valence electrons. The number of hydrogen-bond donors (Lipinski definition) is 0. The van der Waals surface area contributed by atoms with Gasteiger partial charge in [-0.3, -0.25) is 0 Å². The highest BCUT2D eigenvalue weighted by atomic mass is 15.3. The van der Waals surface area contributed by atoms with Crippen molar-refractivity contribution in [2.75, 3.05) is 4.90 Å². The lowest BCUT2D eigenvalue weighted by Gasteiger charge is -2.26. The van der Waals surface area contributed by atoms with E-state index in [1.54, 1.807) is 12.4 Å². The molecule has 0 aliphatic heterocycles. The molecule has 16 heavy (non-hydrogen) atoms. The fourth-order valence-electron chi connectivity index (χ4n) is 1.65. The second-order valence-electron chi connectivity index (χ2n) is 3.85. The Bertz CT molecular complexity index is 386. The number of rotatable bonds is 3. The van der Waals surface area contributed by atoms with Gasteiger partial charge < -0.3 is 4.90 Å². The normalized spacial score (nSPS) is 10.4. The molecule has 0 aliphatic carbocycles. The Morgan fingerprint density at radius 1 is 0.938 bits per heavy atom. The Labute approximate surface area is 95.8 Å². The van der Waals surface area contributed by atoms with Crippen LogP contribution in [0.25, 0.3) is 0 Å². The molecule has 0 saturated heterocycles. The molecule has 1 heterocycles. The van der Waals surface area contributed by atoms with Gasteiger partial charge in [0.05, 0.1) is 0 Å². The van der Waals surface area contributed by atoms with Crippen molar-refractivity contribution >= 4 is 11.6 Å². The predicted molar refractivity (Wildman–Crippen MR) is 65.7 cm³/mol. The molecule has 1 aromatic carbocycles. The van der Waals surface area contributed by atoms with Crippen LogP contribution in [-0.4, -0.2) is 16.0 Å². The maximum atomic E-state index is 4.29. The molecule has 1 aromatic heterocycles. The third-order valence-electron chi connectivity index (χ3n) is 2.32. The first kappa shape index (κ1) is 10.6. The highest BCUT2D eigenvalue weighted by Crippen LogP contribution is 2.23. The predicted octanol–water partition coefficient (Wildman–Crippen LogP) is 3.02. The first-order chi connectivity index (χ1) is 7.79. The van der Waals surface area contributed by atoms with Gasteiger partial charge in [-0.05, 0) is 32.0 Å². The lowest BCUT2D eigenvalue weighted by molar-refractivity contribution is 0.762. The third-order valence-corrected chi connectivity index (χ3v) is 2.32. The summed E-state index contributed by atoms with van der Waals surface area (Å²) >= 11 is 0. The van der Waals surface area contributed by atoms with E-state index in [9.17, 15) is 0 Å². The molecule has 0 unspecified atom stereocenters. The fraction of sp³-hybridized carbons (Fsp3) is 0.231. The molecule has 0 amide bonds. The Hall–Kier alpha value is -1.90. The Balaban J connectivity index is 2.40. The maximum absolute atomic E-state index is 4.29. The van der Waals surface area contributed by atoms with E-state index < -0.39 is 0 Å². The van der Waals surface area contributed by atoms with Crippen molar-refractivity contribution in [3.05, 3.63) is 48.8 Å². The van der Waals surface area contributed by atoms with Crippen molar-refractivity contribution in [1.29, 1.82) is 0 Å². The summed E-state index contributed by atoms with van der Waals surface area (Å²) in [6.45, 7) is 4.26. The van der Waals surface area contributed by atoms with Crippen molar-refractivity contribution in [3.8, 4) is 0 Å². The molecule has 0 saturated carbocycles. The van der Waals surface area contributed by atoms with E-state index in [4.69, 9.17) is 0 Å². The number of aromatic nitrogens is 2. The van der Waals surface area contributed by atoms with Crippen molar-refractivity contribution < 1.29 is 0 Å². The average molecular weight is 213 g/mol. The number of para-hydroxylation sites is 1. The smallest absolute Gasteiger partial charge is 0.230 e. The van der Waals surface area contributed by atoms with Crippen LogP contribution in [0.1, 0.15) is 13.8 Å². The quantitative estimate of drug-likeness (QED) is 0.784. The molecule has 0 spiro atoms. The maximum Gasteiger partial charge on any atom is 0.230 e. The summed E-state index contributed by atoms with van der Waals surface area (Å²) in [6, 6.07) is 12.3. The van der Waals surface area contributed by atoms with E-state index in [-0.39, 0.29) is 0 Å². The van der Waals surface area contributed by atoms with Crippen LogP contribution in [0.5, 0.6) is 0 Å². The fourth-order valence-corrected chi connectivity index (χ4v) is 1.65. The molecule has 0 fully saturated rings. The zero-order valence-corrected chi connectivity index (χ0v) is 9.54. The van der Waals surface area contributed by atoms with Crippen molar-refractivity contribution in [1.82, 2.24) is 9.97 Å². The molecule has 2 aromatic rings. The number of hydrogen-bond acceptors (Lipinski definition) is 3. The zero-order valence-electron chi connectivity index (χ0n) is 9.54. The van der Waals surface area contributed by atoms with Gasteiger partial charge in [0.15, 0.2) is 0 Å². The van der Waals surface area contributed by atoms with Gasteiger partial charge in [-0.1, -0.05) is 18.2 Å². The van der Waals surface area contributed by atoms with Crippen LogP contribution < -0.4 is 4.90 Å². The van der Waals surface area contributed by atoms with Crippen LogP contribution in [-0.2, 0) is 0 Å². The summed E-state index contributed by atoms with van der Waals surface area (Å²) in [4.78, 5) is 10.7. The topological polar surface area (TPSA) is 29.0 Å². The van der Waals surface area contributed by atoms with Gasteiger partial charge in [-0.25, -0.2) is 9.97 Å². The minimum atomic E-state index is 0.324. The van der Waals surface area contributed by atoms with E-state index in [0.717, 1.165) is 11.6 Å². The van der Waals surface area contributed by atoms with Gasteiger partial charge in [0, 0.05) is 24.1 Å². The van der Waals surface area contributed by atoms with Crippen LogP contribution in [0.15, 0.2) is 48.8 Å². The minimum Gasteiger partial charge on any atom is -0.308 e. The van der Waals surface area contributed by atoms with Crippen LogP contribution in [0.2, 0.25) is 0 Å². The average Bonchev–Trinajstić information content (AvgIpc) is 2.31. The van der Waals surface area contributed by atoms with Crippen LogP contribution in [0.3, 0.4) is 0 Å². The summed E-state index contributed by atoms with van der Waals surface area (Å²) in [5, 5.41) is 0. The lowest BCUT2D eigenvalue weighted by Crippen LogP contribution is -2.27. The Morgan fingerprint density at radius 2 is 1.56 bits per heavy atom. The highest BCUT2D eigenvalue weighted by Gasteiger charge is 2.14. The third kappa shape index (κ3) is 2.19. The first-order valence-corrected chi connectivity index (χ1v) is 5.40. The summed E-state index contributed by atoms with van der Waals surface area (Å²) in [5.74, 6) is 0.740. The monoisotopic (exact) mass is 213 g/mol. The van der Waals surface area contributed by atoms with Crippen LogP contribution in [0, 0.1) is 0 Å². The summed E-state index contributed by atoms with van der Waals surface area (Å²) in [7, 11) is 0. The molecule has 0 aliphatic rings. The lowest BCUT2D eigenvalue weighted by atomic mass is 10.2. The zero-order chi connectivity index (χ0) is 11.4. The number of nitrogens with zero attached hydrogens (tertiary/aromatic N) is 3. The van der Waals surface area contributed by atoms with E-state index in [1.807, 2.05) is 24.3 Å². The summed E-state index contributed by atoms with van der Waals surface area (Å²) < 4.78 is 0.